The molecule has 3 saturated heterocycles. The average molecular weight is 693 g/mol. The van der Waals surface area contributed by atoms with E-state index in [0.717, 1.165) is 0 Å². The van der Waals surface area contributed by atoms with E-state index < -0.39 is 68.7 Å². The molecule has 24 heteroatoms. The molecule has 7 heterocycles. The maximum atomic E-state index is 16.0. The van der Waals surface area contributed by atoms with E-state index in [4.69, 9.17) is 50.8 Å². The summed E-state index contributed by atoms with van der Waals surface area (Å²) in [6, 6.07) is 0. The molecule has 9 atom stereocenters. The number of ether oxygens (including phenoxy) is 2. The van der Waals surface area contributed by atoms with Gasteiger partial charge in [0.2, 0.25) is 5.95 Å². The molecule has 3 aliphatic rings. The van der Waals surface area contributed by atoms with E-state index in [-0.39, 0.29) is 47.1 Å². The topological polar surface area (TPSA) is 252 Å². The number of aromatic nitrogens is 8. The Labute approximate surface area is 255 Å². The minimum atomic E-state index is -4.26. The van der Waals surface area contributed by atoms with Crippen LogP contribution in [0.25, 0.3) is 22.3 Å². The standard InChI is InChI=1S/C20H23FN10O9P2S2/c21-10-13-9(38-19(10)30-5-26-11-14(22)24-4-25-15(11)30)3-36-41(33,43)39-8-1-7(2-35-42(34,44)40-13)37-18(8)31-6-27-12-16(31)28-20(23)29-17(12)32/h4-10,13,18-19H,1-3H2,(H,33,43)(H,34,44)(H2,22,24,25)(H3,23,28,29,32)/t7-,8-,9+,10-,13?,18+,19?,41?,42?/m0/s1. The van der Waals surface area contributed by atoms with E-state index in [9.17, 15) is 14.3 Å². The number of halogens is 1. The largest absolute Gasteiger partial charge is 0.386 e. The molecule has 2 bridgehead atoms. The highest BCUT2D eigenvalue weighted by Gasteiger charge is 2.52. The van der Waals surface area contributed by atoms with Crippen LogP contribution in [0.5, 0.6) is 0 Å². The van der Waals surface area contributed by atoms with Crippen LogP contribution in [0.2, 0.25) is 0 Å². The van der Waals surface area contributed by atoms with Gasteiger partial charge in [0.05, 0.1) is 32.0 Å². The number of anilines is 2. The van der Waals surface area contributed by atoms with Gasteiger partial charge in [-0.1, -0.05) is 12.2 Å². The molecule has 3 aliphatic heterocycles. The SMILES string of the molecule is Nc1nc2c(ncn2[C@@H]2O[C@@H]3COP(=O)(S)OC4[C@H](F)C(n5cnc6c(N)ncnc65)O[C@@H]4COP(O)(=S)O[C@H]2C3)c(=O)[nH]1. The second-order valence-corrected chi connectivity index (χ2v) is 15.7. The van der Waals surface area contributed by atoms with E-state index in [2.05, 4.69) is 42.2 Å². The number of thiol groups is 1. The maximum Gasteiger partial charge on any atom is 0.386 e. The lowest BCUT2D eigenvalue weighted by Gasteiger charge is -2.27. The zero-order chi connectivity index (χ0) is 31.0. The first-order chi connectivity index (χ1) is 20.9. The predicted octanol–water partition coefficient (Wildman–Crippen LogP) is 0.719. The molecule has 0 aromatic carbocycles. The number of nitrogens with zero attached hydrogens (tertiary/aromatic N) is 7. The van der Waals surface area contributed by atoms with Crippen molar-refractivity contribution >= 4 is 71.7 Å². The number of H-pyrrole nitrogens is 1. The highest BCUT2D eigenvalue weighted by Crippen LogP contribution is 2.58. The Bertz CT molecular complexity index is 1910. The molecule has 4 aromatic rings. The molecular weight excluding hydrogens is 669 g/mol. The number of nitrogens with one attached hydrogen (secondary N) is 1. The molecule has 0 spiro atoms. The van der Waals surface area contributed by atoms with Gasteiger partial charge in [-0.2, -0.15) is 4.98 Å². The number of nitrogens with two attached hydrogens (primary N) is 2. The Balaban J connectivity index is 1.19. The summed E-state index contributed by atoms with van der Waals surface area (Å²) in [7, 11) is 0. The minimum absolute atomic E-state index is 0.0248. The maximum absolute atomic E-state index is 16.0. The van der Waals surface area contributed by atoms with Crippen LogP contribution in [0.4, 0.5) is 16.2 Å². The van der Waals surface area contributed by atoms with Crippen LogP contribution < -0.4 is 17.0 Å². The second kappa shape index (κ2) is 11.0. The lowest BCUT2D eigenvalue weighted by molar-refractivity contribution is -0.0583. The van der Waals surface area contributed by atoms with Crippen molar-refractivity contribution in [3.63, 3.8) is 0 Å². The highest BCUT2D eigenvalue weighted by molar-refractivity contribution is 8.44. The minimum Gasteiger partial charge on any atom is -0.382 e. The lowest BCUT2D eigenvalue weighted by atomic mass is 10.1. The van der Waals surface area contributed by atoms with Gasteiger partial charge in [0.25, 0.3) is 5.56 Å². The molecular formula is C20H23FN10O9P2S2. The van der Waals surface area contributed by atoms with Crippen LogP contribution in [-0.2, 0) is 43.9 Å². The van der Waals surface area contributed by atoms with Crippen molar-refractivity contribution in [1.29, 1.82) is 0 Å². The normalized spacial score (nSPS) is 36.6. The van der Waals surface area contributed by atoms with Crippen LogP contribution in [-0.4, -0.2) is 87.7 Å². The monoisotopic (exact) mass is 692 g/mol. The first-order valence-electron chi connectivity index (χ1n) is 12.8. The summed E-state index contributed by atoms with van der Waals surface area (Å²) in [6.07, 6.45) is -5.32. The van der Waals surface area contributed by atoms with Crippen molar-refractivity contribution in [3.8, 4) is 0 Å². The quantitative estimate of drug-likeness (QED) is 0.143. The first-order valence-corrected chi connectivity index (χ1v) is 18.1. The van der Waals surface area contributed by atoms with Gasteiger partial charge in [0, 0.05) is 6.42 Å². The average Bonchev–Trinajstić information content (AvgIpc) is 3.72. The van der Waals surface area contributed by atoms with E-state index in [1.165, 1.54) is 28.1 Å². The molecule has 6 N–H and O–H groups in total. The number of aromatic amines is 1. The number of rotatable bonds is 2. The van der Waals surface area contributed by atoms with E-state index >= 15 is 4.39 Å². The number of imidazole rings is 2. The Morgan fingerprint density at radius 1 is 1.02 bits per heavy atom. The Morgan fingerprint density at radius 2 is 1.77 bits per heavy atom. The summed E-state index contributed by atoms with van der Waals surface area (Å²) in [5.41, 5.74) is 11.4. The van der Waals surface area contributed by atoms with Gasteiger partial charge in [-0.25, -0.2) is 28.9 Å². The van der Waals surface area contributed by atoms with Gasteiger partial charge in [-0.3, -0.25) is 28.0 Å². The molecule has 19 nitrogen and oxygen atoms in total. The second-order valence-electron chi connectivity index (χ2n) is 9.99. The van der Waals surface area contributed by atoms with Gasteiger partial charge < -0.3 is 34.9 Å². The molecule has 236 valence electrons. The fraction of sp³-hybridized carbons (Fsp3) is 0.500. The Morgan fingerprint density at radius 3 is 2.57 bits per heavy atom. The molecule has 44 heavy (non-hydrogen) atoms. The Hall–Kier alpha value is -2.62. The third-order valence-electron chi connectivity index (χ3n) is 7.15. The van der Waals surface area contributed by atoms with E-state index in [0.29, 0.717) is 0 Å². The molecule has 0 saturated carbocycles. The first kappa shape index (κ1) is 30.1. The van der Waals surface area contributed by atoms with E-state index in [1.807, 2.05) is 0 Å². The highest BCUT2D eigenvalue weighted by atomic mass is 32.7. The van der Waals surface area contributed by atoms with Gasteiger partial charge in [-0.15, -0.1) is 0 Å². The van der Waals surface area contributed by atoms with Crippen LogP contribution >= 0.6 is 25.8 Å². The van der Waals surface area contributed by atoms with Crippen LogP contribution in [0.3, 0.4) is 0 Å². The Kier molecular flexibility index (Phi) is 7.53. The summed E-state index contributed by atoms with van der Waals surface area (Å²) in [6.45, 7) is -9.24. The third-order valence-corrected chi connectivity index (χ3v) is 10.3. The van der Waals surface area contributed by atoms with Crippen molar-refractivity contribution < 1.29 is 41.4 Å². The fourth-order valence-corrected chi connectivity index (χ4v) is 8.20. The fourth-order valence-electron chi connectivity index (χ4n) is 5.26. The number of nitrogen functional groups attached to an aromatic ring is 2. The third kappa shape index (κ3) is 5.43. The molecule has 0 radical (unpaired) electrons. The summed E-state index contributed by atoms with van der Waals surface area (Å²) in [4.78, 5) is 46.0. The summed E-state index contributed by atoms with van der Waals surface area (Å²) < 4.78 is 66.4. The zero-order valence-corrected chi connectivity index (χ0v) is 25.5. The zero-order valence-electron chi connectivity index (χ0n) is 22.0. The van der Waals surface area contributed by atoms with Gasteiger partial charge in [0.1, 0.15) is 30.2 Å². The van der Waals surface area contributed by atoms with Gasteiger partial charge in [-0.05, 0) is 11.8 Å². The van der Waals surface area contributed by atoms with Crippen molar-refractivity contribution in [3.05, 3.63) is 29.3 Å². The summed E-state index contributed by atoms with van der Waals surface area (Å²) >= 11 is 9.33. The predicted molar refractivity (Wildman–Crippen MR) is 154 cm³/mol. The van der Waals surface area contributed by atoms with Crippen molar-refractivity contribution in [2.45, 2.75) is 49.5 Å². The molecule has 7 rings (SSSR count). The van der Waals surface area contributed by atoms with Gasteiger partial charge in [0.15, 0.2) is 41.3 Å². The van der Waals surface area contributed by atoms with Crippen molar-refractivity contribution in [1.82, 2.24) is 39.0 Å². The lowest BCUT2D eigenvalue weighted by Crippen LogP contribution is -2.34. The van der Waals surface area contributed by atoms with Crippen LogP contribution in [0, 0.1) is 0 Å². The number of fused-ring (bicyclic) bond motifs is 5. The number of hydrogen-bond donors (Lipinski definition) is 5. The molecule has 4 unspecified atom stereocenters. The van der Waals surface area contributed by atoms with Crippen molar-refractivity contribution in [2.24, 2.45) is 0 Å². The molecule has 3 fully saturated rings. The smallest absolute Gasteiger partial charge is 0.382 e. The summed E-state index contributed by atoms with van der Waals surface area (Å²) in [5, 5.41) is 0. The summed E-state index contributed by atoms with van der Waals surface area (Å²) in [5.74, 6) is -0.0960. The van der Waals surface area contributed by atoms with Gasteiger partial charge >= 0.3 is 13.5 Å². The van der Waals surface area contributed by atoms with E-state index in [1.54, 1.807) is 0 Å². The molecule has 4 aromatic heterocycles. The van der Waals surface area contributed by atoms with Crippen LogP contribution in [0.15, 0.2) is 23.8 Å². The van der Waals surface area contributed by atoms with Crippen LogP contribution in [0.1, 0.15) is 18.9 Å². The number of alkyl halides is 1. The number of hydrogen-bond acceptors (Lipinski definition) is 16. The molecule has 0 aliphatic carbocycles. The van der Waals surface area contributed by atoms with Crippen molar-refractivity contribution in [2.75, 3.05) is 24.7 Å². The molecule has 0 amide bonds.